The van der Waals surface area contributed by atoms with Crippen LogP contribution in [0.3, 0.4) is 0 Å². The molecule has 134 valence electrons. The Morgan fingerprint density at radius 3 is 3.00 bits per heavy atom. The zero-order valence-corrected chi connectivity index (χ0v) is 16.4. The fourth-order valence-corrected chi connectivity index (χ4v) is 4.12. The monoisotopic (exact) mass is 424 g/mol. The molecule has 0 radical (unpaired) electrons. The van der Waals surface area contributed by atoms with Gasteiger partial charge in [-0.2, -0.15) is 5.10 Å². The van der Waals surface area contributed by atoms with E-state index in [4.69, 9.17) is 0 Å². The van der Waals surface area contributed by atoms with Crippen molar-refractivity contribution in [2.45, 2.75) is 31.8 Å². The van der Waals surface area contributed by atoms with Crippen LogP contribution in [0, 0.1) is 0 Å². The lowest BCUT2D eigenvalue weighted by Gasteiger charge is -2.29. The summed E-state index contributed by atoms with van der Waals surface area (Å²) in [6.45, 7) is 3.40. The highest BCUT2D eigenvalue weighted by molar-refractivity contribution is 9.10. The maximum Gasteiger partial charge on any atom is 0.274 e. The molecule has 1 fully saturated rings. The van der Waals surface area contributed by atoms with Crippen LogP contribution >= 0.6 is 28.3 Å². The SMILES string of the molecule is Cl.O=C(c1ccn(C2CCCNC2)n1)N1CCc2cccc(Br)c2C1. The van der Waals surface area contributed by atoms with Crippen LogP contribution in [0.5, 0.6) is 0 Å². The van der Waals surface area contributed by atoms with Crippen LogP contribution in [0.4, 0.5) is 0 Å². The van der Waals surface area contributed by atoms with E-state index in [1.54, 1.807) is 0 Å². The molecule has 2 aliphatic rings. The van der Waals surface area contributed by atoms with Gasteiger partial charge in [-0.25, -0.2) is 0 Å². The van der Waals surface area contributed by atoms with Gasteiger partial charge in [0.15, 0.2) is 0 Å². The second-order valence-electron chi connectivity index (χ2n) is 6.54. The summed E-state index contributed by atoms with van der Waals surface area (Å²) in [4.78, 5) is 14.7. The lowest BCUT2D eigenvalue weighted by atomic mass is 10.00. The van der Waals surface area contributed by atoms with Crippen molar-refractivity contribution in [1.82, 2.24) is 20.0 Å². The number of hydrogen-bond donors (Lipinski definition) is 1. The Morgan fingerprint density at radius 1 is 1.32 bits per heavy atom. The number of aromatic nitrogens is 2. The standard InChI is InChI=1S/C18H21BrN4O.ClH/c19-16-5-1-3-13-6-9-22(12-15(13)16)18(24)17-7-10-23(21-17)14-4-2-8-20-11-14;/h1,3,5,7,10,14,20H,2,4,6,8-9,11-12H2;1H. The van der Waals surface area contributed by atoms with Gasteiger partial charge in [-0.1, -0.05) is 28.1 Å². The highest BCUT2D eigenvalue weighted by atomic mass is 79.9. The molecule has 1 aromatic carbocycles. The summed E-state index contributed by atoms with van der Waals surface area (Å²) in [5, 5.41) is 7.95. The van der Waals surface area contributed by atoms with Crippen LogP contribution in [0.25, 0.3) is 0 Å². The Kier molecular flexibility index (Phi) is 5.81. The number of amides is 1. The molecule has 0 bridgehead atoms. The minimum atomic E-state index is 0. The molecule has 1 N–H and O–H groups in total. The van der Waals surface area contributed by atoms with Gasteiger partial charge in [0, 0.05) is 30.3 Å². The molecule has 0 saturated carbocycles. The second kappa shape index (κ2) is 7.89. The van der Waals surface area contributed by atoms with Gasteiger partial charge in [-0.3, -0.25) is 9.48 Å². The normalized spacial score (nSPS) is 19.9. The Balaban J connectivity index is 0.00000182. The van der Waals surface area contributed by atoms with Crippen LogP contribution in [-0.4, -0.2) is 40.2 Å². The van der Waals surface area contributed by atoms with Crippen molar-refractivity contribution in [1.29, 1.82) is 0 Å². The highest BCUT2D eigenvalue weighted by Crippen LogP contribution is 2.27. The van der Waals surface area contributed by atoms with Crippen LogP contribution in [0.15, 0.2) is 34.9 Å². The van der Waals surface area contributed by atoms with Crippen molar-refractivity contribution in [2.24, 2.45) is 0 Å². The minimum Gasteiger partial charge on any atom is -0.333 e. The van der Waals surface area contributed by atoms with E-state index in [9.17, 15) is 4.79 Å². The molecule has 1 aromatic heterocycles. The molecule has 0 aliphatic carbocycles. The Bertz CT molecular complexity index is 757. The topological polar surface area (TPSA) is 50.2 Å². The molecular weight excluding hydrogens is 404 g/mol. The van der Waals surface area contributed by atoms with Gasteiger partial charge in [0.25, 0.3) is 5.91 Å². The molecule has 7 heteroatoms. The van der Waals surface area contributed by atoms with Crippen LogP contribution in [0.1, 0.15) is 40.5 Å². The lowest BCUT2D eigenvalue weighted by molar-refractivity contribution is 0.0727. The van der Waals surface area contributed by atoms with E-state index in [2.05, 4.69) is 38.5 Å². The summed E-state index contributed by atoms with van der Waals surface area (Å²) in [6, 6.07) is 8.45. The molecule has 1 saturated heterocycles. The first kappa shape index (κ1) is 18.4. The Hall–Kier alpha value is -1.37. The first-order valence-electron chi connectivity index (χ1n) is 8.54. The summed E-state index contributed by atoms with van der Waals surface area (Å²) in [5.74, 6) is 0.0268. The number of carbonyl (C=O) groups is 1. The fourth-order valence-electron chi connectivity index (χ4n) is 3.59. The van der Waals surface area contributed by atoms with Gasteiger partial charge >= 0.3 is 0 Å². The number of hydrogen-bond acceptors (Lipinski definition) is 3. The first-order chi connectivity index (χ1) is 11.7. The first-order valence-corrected chi connectivity index (χ1v) is 9.33. The number of carbonyl (C=O) groups excluding carboxylic acids is 1. The molecular formula is C18H22BrClN4O. The van der Waals surface area contributed by atoms with Gasteiger partial charge in [0.2, 0.25) is 0 Å². The quantitative estimate of drug-likeness (QED) is 0.804. The zero-order chi connectivity index (χ0) is 16.5. The number of halogens is 2. The third kappa shape index (κ3) is 3.76. The lowest BCUT2D eigenvalue weighted by Crippen LogP contribution is -2.36. The third-order valence-corrected chi connectivity index (χ3v) is 5.72. The van der Waals surface area contributed by atoms with E-state index in [0.717, 1.165) is 43.4 Å². The molecule has 25 heavy (non-hydrogen) atoms. The van der Waals surface area contributed by atoms with Crippen molar-refractivity contribution >= 4 is 34.2 Å². The van der Waals surface area contributed by atoms with Crippen LogP contribution in [-0.2, 0) is 13.0 Å². The average molecular weight is 426 g/mol. The minimum absolute atomic E-state index is 0. The maximum atomic E-state index is 12.8. The van der Waals surface area contributed by atoms with Crippen molar-refractivity contribution in [2.75, 3.05) is 19.6 Å². The van der Waals surface area contributed by atoms with Gasteiger partial charge < -0.3 is 10.2 Å². The third-order valence-electron chi connectivity index (χ3n) is 4.98. The van der Waals surface area contributed by atoms with Crippen LogP contribution in [0.2, 0.25) is 0 Å². The summed E-state index contributed by atoms with van der Waals surface area (Å²) in [7, 11) is 0. The molecule has 3 heterocycles. The number of benzene rings is 1. The highest BCUT2D eigenvalue weighted by Gasteiger charge is 2.25. The zero-order valence-electron chi connectivity index (χ0n) is 13.9. The molecule has 5 nitrogen and oxygen atoms in total. The fraction of sp³-hybridized carbons (Fsp3) is 0.444. The molecule has 1 amide bonds. The predicted octanol–water partition coefficient (Wildman–Crippen LogP) is 3.19. The van der Waals surface area contributed by atoms with E-state index in [1.807, 2.05) is 27.9 Å². The summed E-state index contributed by atoms with van der Waals surface area (Å²) < 4.78 is 3.03. The van der Waals surface area contributed by atoms with E-state index in [-0.39, 0.29) is 18.3 Å². The average Bonchev–Trinajstić information content (AvgIpc) is 3.12. The van der Waals surface area contributed by atoms with E-state index in [1.165, 1.54) is 11.1 Å². The van der Waals surface area contributed by atoms with Gasteiger partial charge in [0.1, 0.15) is 5.69 Å². The van der Waals surface area contributed by atoms with E-state index in [0.29, 0.717) is 18.3 Å². The maximum absolute atomic E-state index is 12.8. The van der Waals surface area contributed by atoms with Gasteiger partial charge in [-0.15, -0.1) is 12.4 Å². The van der Waals surface area contributed by atoms with E-state index < -0.39 is 0 Å². The number of piperidine rings is 1. The Morgan fingerprint density at radius 2 is 2.20 bits per heavy atom. The van der Waals surface area contributed by atoms with Crippen molar-refractivity contribution in [3.8, 4) is 0 Å². The summed E-state index contributed by atoms with van der Waals surface area (Å²) in [6.07, 6.45) is 5.11. The van der Waals surface area contributed by atoms with E-state index >= 15 is 0 Å². The largest absolute Gasteiger partial charge is 0.333 e. The smallest absolute Gasteiger partial charge is 0.274 e. The van der Waals surface area contributed by atoms with Crippen molar-refractivity contribution in [3.63, 3.8) is 0 Å². The number of nitrogens with one attached hydrogen (secondary N) is 1. The Labute approximate surface area is 162 Å². The summed E-state index contributed by atoms with van der Waals surface area (Å²) >= 11 is 3.61. The van der Waals surface area contributed by atoms with Crippen LogP contribution < -0.4 is 5.32 Å². The number of rotatable bonds is 2. The molecule has 1 unspecified atom stereocenters. The number of nitrogens with zero attached hydrogens (tertiary/aromatic N) is 3. The molecule has 2 aliphatic heterocycles. The molecule has 4 rings (SSSR count). The van der Waals surface area contributed by atoms with Crippen molar-refractivity contribution < 1.29 is 4.79 Å². The molecule has 1 atom stereocenters. The van der Waals surface area contributed by atoms with Gasteiger partial charge in [0.05, 0.1) is 6.04 Å². The summed E-state index contributed by atoms with van der Waals surface area (Å²) in [5.41, 5.74) is 3.09. The van der Waals surface area contributed by atoms with Gasteiger partial charge in [-0.05, 0) is 49.1 Å². The predicted molar refractivity (Wildman–Crippen MR) is 103 cm³/mol. The molecule has 0 spiro atoms. The molecule has 2 aromatic rings. The van der Waals surface area contributed by atoms with Crippen molar-refractivity contribution in [3.05, 3.63) is 51.8 Å². The number of fused-ring (bicyclic) bond motifs is 1. The second-order valence-corrected chi connectivity index (χ2v) is 7.39.